The van der Waals surface area contributed by atoms with Gasteiger partial charge < -0.3 is 0 Å². The molecular formula is C14H9ClF3NO2. The van der Waals surface area contributed by atoms with E-state index in [0.717, 1.165) is 0 Å². The number of hydrogen-bond donors (Lipinski definition) is 0. The molecule has 0 heterocycles. The minimum atomic E-state index is -1.06. The molecule has 0 aromatic heterocycles. The van der Waals surface area contributed by atoms with Gasteiger partial charge in [0.15, 0.2) is 0 Å². The third kappa shape index (κ3) is 3.52. The summed E-state index contributed by atoms with van der Waals surface area (Å²) in [6, 6.07) is 6.57. The van der Waals surface area contributed by atoms with Crippen LogP contribution in [0.25, 0.3) is 0 Å². The summed E-state index contributed by atoms with van der Waals surface area (Å²) in [7, 11) is 0. The molecule has 0 aliphatic carbocycles. The van der Waals surface area contributed by atoms with Crippen molar-refractivity contribution in [3.8, 4) is 0 Å². The molecule has 7 heteroatoms. The predicted molar refractivity (Wildman–Crippen MR) is 71.7 cm³/mol. The van der Waals surface area contributed by atoms with Gasteiger partial charge in [-0.2, -0.15) is 0 Å². The van der Waals surface area contributed by atoms with Gasteiger partial charge in [-0.1, -0.05) is 12.1 Å². The van der Waals surface area contributed by atoms with Crippen LogP contribution in [0.3, 0.4) is 0 Å². The highest BCUT2D eigenvalue weighted by molar-refractivity contribution is 6.21. The Hall–Kier alpha value is -2.08. The summed E-state index contributed by atoms with van der Waals surface area (Å²) in [4.78, 5) is 9.97. The van der Waals surface area contributed by atoms with Gasteiger partial charge in [0.1, 0.15) is 17.5 Å². The zero-order chi connectivity index (χ0) is 15.6. The maximum Gasteiger partial charge on any atom is 0.269 e. The largest absolute Gasteiger partial charge is 0.269 e. The molecule has 2 rings (SSSR count). The van der Waals surface area contributed by atoms with Crippen LogP contribution >= 0.6 is 11.6 Å². The lowest BCUT2D eigenvalue weighted by Gasteiger charge is -2.12. The molecule has 0 spiro atoms. The van der Waals surface area contributed by atoms with E-state index in [1.54, 1.807) is 0 Å². The molecule has 0 radical (unpaired) electrons. The number of halogens is 4. The third-order valence-corrected chi connectivity index (χ3v) is 3.29. The molecular weight excluding hydrogens is 307 g/mol. The molecule has 2 aromatic carbocycles. The molecule has 0 N–H and O–H groups in total. The van der Waals surface area contributed by atoms with Crippen LogP contribution in [0, 0.1) is 27.6 Å². The number of nitro benzene ring substituents is 1. The van der Waals surface area contributed by atoms with Crippen molar-refractivity contribution < 1.29 is 18.1 Å². The summed E-state index contributed by atoms with van der Waals surface area (Å²) < 4.78 is 40.0. The highest BCUT2D eigenvalue weighted by atomic mass is 35.5. The quantitative estimate of drug-likeness (QED) is 0.472. The van der Waals surface area contributed by atoms with Crippen molar-refractivity contribution in [3.05, 3.63) is 75.1 Å². The molecule has 0 saturated heterocycles. The van der Waals surface area contributed by atoms with E-state index in [2.05, 4.69) is 0 Å². The van der Waals surface area contributed by atoms with E-state index >= 15 is 0 Å². The van der Waals surface area contributed by atoms with E-state index in [1.807, 2.05) is 0 Å². The Morgan fingerprint density at radius 2 is 1.62 bits per heavy atom. The molecule has 0 aliphatic rings. The second kappa shape index (κ2) is 6.13. The van der Waals surface area contributed by atoms with Crippen molar-refractivity contribution in [3.63, 3.8) is 0 Å². The summed E-state index contributed by atoms with van der Waals surface area (Å²) >= 11 is 5.97. The van der Waals surface area contributed by atoms with Gasteiger partial charge in [0.25, 0.3) is 5.69 Å². The number of rotatable bonds is 4. The van der Waals surface area contributed by atoms with Crippen molar-refractivity contribution >= 4 is 17.3 Å². The van der Waals surface area contributed by atoms with Gasteiger partial charge in [0.2, 0.25) is 0 Å². The molecule has 1 unspecified atom stereocenters. The normalized spacial score (nSPS) is 12.2. The average Bonchev–Trinajstić information content (AvgIpc) is 2.37. The maximum atomic E-state index is 13.6. The van der Waals surface area contributed by atoms with Crippen LogP contribution in [0.2, 0.25) is 0 Å². The van der Waals surface area contributed by atoms with Crippen LogP contribution in [0.1, 0.15) is 16.5 Å². The minimum absolute atomic E-state index is 0.0546. The minimum Gasteiger partial charge on any atom is -0.258 e. The monoisotopic (exact) mass is 315 g/mol. The second-order valence-electron chi connectivity index (χ2n) is 4.38. The number of hydrogen-bond acceptors (Lipinski definition) is 2. The first kappa shape index (κ1) is 15.3. The van der Waals surface area contributed by atoms with Crippen molar-refractivity contribution in [2.45, 2.75) is 11.8 Å². The number of non-ortho nitro benzene ring substituents is 1. The third-order valence-electron chi connectivity index (χ3n) is 2.92. The number of nitro groups is 1. The first-order valence-electron chi connectivity index (χ1n) is 5.90. The van der Waals surface area contributed by atoms with Crippen molar-refractivity contribution in [1.29, 1.82) is 0 Å². The fraction of sp³-hybridized carbons (Fsp3) is 0.143. The molecule has 110 valence electrons. The van der Waals surface area contributed by atoms with Gasteiger partial charge >= 0.3 is 0 Å². The fourth-order valence-electron chi connectivity index (χ4n) is 1.92. The summed E-state index contributed by atoms with van der Waals surface area (Å²) in [6.45, 7) is 0. The molecule has 0 aliphatic heterocycles. The SMILES string of the molecule is O=[N+]([O-])c1ccc(CC(Cl)c2c(F)cc(F)cc2F)cc1. The van der Waals surface area contributed by atoms with Crippen LogP contribution in [-0.4, -0.2) is 4.92 Å². The van der Waals surface area contributed by atoms with Crippen molar-refractivity contribution in [2.24, 2.45) is 0 Å². The van der Waals surface area contributed by atoms with Gasteiger partial charge in [0.05, 0.1) is 10.3 Å². The van der Waals surface area contributed by atoms with E-state index in [1.165, 1.54) is 24.3 Å². The molecule has 2 aromatic rings. The van der Waals surface area contributed by atoms with Gasteiger partial charge in [-0.3, -0.25) is 10.1 Å². The zero-order valence-corrected chi connectivity index (χ0v) is 11.3. The van der Waals surface area contributed by atoms with Gasteiger partial charge in [0, 0.05) is 29.8 Å². The maximum absolute atomic E-state index is 13.6. The fourth-order valence-corrected chi connectivity index (χ4v) is 2.30. The predicted octanol–water partition coefficient (Wildman–Crippen LogP) is 4.53. The Kier molecular flexibility index (Phi) is 4.47. The van der Waals surface area contributed by atoms with Crippen LogP contribution in [-0.2, 0) is 6.42 Å². The Morgan fingerprint density at radius 1 is 1.10 bits per heavy atom. The zero-order valence-electron chi connectivity index (χ0n) is 10.5. The van der Waals surface area contributed by atoms with Crippen LogP contribution in [0.15, 0.2) is 36.4 Å². The summed E-state index contributed by atoms with van der Waals surface area (Å²) in [5.74, 6) is -3.14. The van der Waals surface area contributed by atoms with E-state index < -0.39 is 33.3 Å². The molecule has 0 bridgehead atoms. The van der Waals surface area contributed by atoms with Crippen molar-refractivity contribution in [1.82, 2.24) is 0 Å². The lowest BCUT2D eigenvalue weighted by molar-refractivity contribution is -0.384. The van der Waals surface area contributed by atoms with Crippen LogP contribution in [0.5, 0.6) is 0 Å². The molecule has 21 heavy (non-hydrogen) atoms. The Bertz CT molecular complexity index is 653. The topological polar surface area (TPSA) is 43.1 Å². The molecule has 0 amide bonds. The highest BCUT2D eigenvalue weighted by Crippen LogP contribution is 2.30. The first-order chi connectivity index (χ1) is 9.88. The van der Waals surface area contributed by atoms with Gasteiger partial charge in [-0.05, 0) is 12.0 Å². The standard InChI is InChI=1S/C14H9ClF3NO2/c15-11(14-12(17)6-9(16)7-13(14)18)5-8-1-3-10(4-2-8)19(20)21/h1-4,6-7,11H,5H2. The van der Waals surface area contributed by atoms with E-state index in [4.69, 9.17) is 11.6 Å². The van der Waals surface area contributed by atoms with Crippen LogP contribution in [0.4, 0.5) is 18.9 Å². The Balaban J connectivity index is 2.22. The number of benzene rings is 2. The lowest BCUT2D eigenvalue weighted by Crippen LogP contribution is -2.03. The van der Waals surface area contributed by atoms with Gasteiger partial charge in [-0.15, -0.1) is 11.6 Å². The first-order valence-corrected chi connectivity index (χ1v) is 6.34. The Morgan fingerprint density at radius 3 is 2.10 bits per heavy atom. The van der Waals surface area contributed by atoms with E-state index in [9.17, 15) is 23.3 Å². The second-order valence-corrected chi connectivity index (χ2v) is 4.91. The molecule has 0 saturated carbocycles. The van der Waals surface area contributed by atoms with E-state index in [-0.39, 0.29) is 12.1 Å². The highest BCUT2D eigenvalue weighted by Gasteiger charge is 2.20. The molecule has 3 nitrogen and oxygen atoms in total. The van der Waals surface area contributed by atoms with Crippen molar-refractivity contribution in [2.75, 3.05) is 0 Å². The van der Waals surface area contributed by atoms with Gasteiger partial charge in [-0.25, -0.2) is 13.2 Å². The average molecular weight is 316 g/mol. The molecule has 1 atom stereocenters. The van der Waals surface area contributed by atoms with Crippen LogP contribution < -0.4 is 0 Å². The summed E-state index contributed by atoms with van der Waals surface area (Å²) in [6.07, 6.45) is 0.0546. The summed E-state index contributed by atoms with van der Waals surface area (Å²) in [5, 5.41) is 9.47. The summed E-state index contributed by atoms with van der Waals surface area (Å²) in [5.41, 5.74) is 0.0594. The van der Waals surface area contributed by atoms with E-state index in [0.29, 0.717) is 17.7 Å². The number of alkyl halides is 1. The smallest absolute Gasteiger partial charge is 0.258 e. The lowest BCUT2D eigenvalue weighted by atomic mass is 10.0. The Labute approximate surface area is 123 Å². The molecule has 0 fully saturated rings. The number of nitrogens with zero attached hydrogens (tertiary/aromatic N) is 1.